The number of carbonyl (C=O) groups excluding carboxylic acids is 2. The lowest BCUT2D eigenvalue weighted by atomic mass is 10.1. The second-order valence-electron chi connectivity index (χ2n) is 6.91. The molecule has 0 radical (unpaired) electrons. The van der Waals surface area contributed by atoms with E-state index in [1.54, 1.807) is 11.8 Å². The molecule has 0 bridgehead atoms. The Bertz CT molecular complexity index is 785. The molecule has 0 aliphatic carbocycles. The normalized spacial score (nSPS) is 11.7. The fraction of sp³-hybridized carbons (Fsp3) is 0.391. The second kappa shape index (κ2) is 12.6. The summed E-state index contributed by atoms with van der Waals surface area (Å²) in [4.78, 5) is 27.2. The molecular formula is C23H29ClN2O2S. The van der Waals surface area contributed by atoms with Gasteiger partial charge >= 0.3 is 0 Å². The van der Waals surface area contributed by atoms with Crippen molar-refractivity contribution in [1.82, 2.24) is 10.2 Å². The molecule has 1 atom stereocenters. The lowest BCUT2D eigenvalue weighted by Crippen LogP contribution is -2.48. The highest BCUT2D eigenvalue weighted by atomic mass is 35.5. The number of unbranched alkanes of at least 4 members (excludes halogenated alkanes) is 1. The van der Waals surface area contributed by atoms with Gasteiger partial charge in [0.15, 0.2) is 0 Å². The van der Waals surface area contributed by atoms with Crippen molar-refractivity contribution in [3.63, 3.8) is 0 Å². The van der Waals surface area contributed by atoms with Crippen molar-refractivity contribution in [3.8, 4) is 0 Å². The number of benzene rings is 2. The predicted molar refractivity (Wildman–Crippen MR) is 122 cm³/mol. The molecule has 0 aromatic heterocycles. The third-order valence-corrected chi connectivity index (χ3v) is 5.97. The summed E-state index contributed by atoms with van der Waals surface area (Å²) < 4.78 is 0. The molecule has 2 amide bonds. The molecule has 0 saturated carbocycles. The third-order valence-electron chi connectivity index (χ3n) is 4.63. The van der Waals surface area contributed by atoms with Gasteiger partial charge in [-0.3, -0.25) is 9.59 Å². The van der Waals surface area contributed by atoms with Crippen LogP contribution in [0.3, 0.4) is 0 Å². The first kappa shape index (κ1) is 23.3. The number of carbonyl (C=O) groups is 2. The van der Waals surface area contributed by atoms with Crippen LogP contribution in [-0.2, 0) is 21.9 Å². The minimum absolute atomic E-state index is 0.0518. The first-order chi connectivity index (χ1) is 14.0. The van der Waals surface area contributed by atoms with E-state index in [-0.39, 0.29) is 11.8 Å². The molecule has 6 heteroatoms. The van der Waals surface area contributed by atoms with Gasteiger partial charge in [-0.2, -0.15) is 0 Å². The van der Waals surface area contributed by atoms with E-state index in [9.17, 15) is 9.59 Å². The standard InChI is InChI=1S/C23H29ClN2O2S/c1-3-4-14-25-23(28)18(2)26(15-19-10-6-5-7-11-19)22(27)17-29-16-20-12-8-9-13-21(20)24/h5-13,18H,3-4,14-17H2,1-2H3,(H,25,28). The average molecular weight is 433 g/mol. The van der Waals surface area contributed by atoms with Gasteiger partial charge in [0.05, 0.1) is 5.75 Å². The second-order valence-corrected chi connectivity index (χ2v) is 8.30. The van der Waals surface area contributed by atoms with Crippen LogP contribution in [-0.4, -0.2) is 35.1 Å². The van der Waals surface area contributed by atoms with Gasteiger partial charge in [0, 0.05) is 23.9 Å². The van der Waals surface area contributed by atoms with Crippen LogP contribution in [0.15, 0.2) is 54.6 Å². The highest BCUT2D eigenvalue weighted by molar-refractivity contribution is 7.99. The zero-order chi connectivity index (χ0) is 21.1. The SMILES string of the molecule is CCCCNC(=O)C(C)N(Cc1ccccc1)C(=O)CSCc1ccccc1Cl. The quantitative estimate of drug-likeness (QED) is 0.513. The van der Waals surface area contributed by atoms with Crippen molar-refractivity contribution < 1.29 is 9.59 Å². The first-order valence-corrected chi connectivity index (χ1v) is 11.5. The lowest BCUT2D eigenvalue weighted by molar-refractivity contribution is -0.138. The minimum Gasteiger partial charge on any atom is -0.354 e. The summed E-state index contributed by atoms with van der Waals surface area (Å²) >= 11 is 7.71. The van der Waals surface area contributed by atoms with Crippen molar-refractivity contribution in [2.75, 3.05) is 12.3 Å². The van der Waals surface area contributed by atoms with Crippen LogP contribution < -0.4 is 5.32 Å². The number of thioether (sulfide) groups is 1. The Kier molecular flexibility index (Phi) is 10.1. The number of hydrogen-bond donors (Lipinski definition) is 1. The number of nitrogens with one attached hydrogen (secondary N) is 1. The summed E-state index contributed by atoms with van der Waals surface area (Å²) in [7, 11) is 0. The van der Waals surface area contributed by atoms with Gasteiger partial charge in [-0.1, -0.05) is 73.5 Å². The van der Waals surface area contributed by atoms with Gasteiger partial charge in [0.1, 0.15) is 6.04 Å². The summed E-state index contributed by atoms with van der Waals surface area (Å²) in [6.45, 7) is 4.92. The van der Waals surface area contributed by atoms with E-state index >= 15 is 0 Å². The van der Waals surface area contributed by atoms with Crippen molar-refractivity contribution in [3.05, 3.63) is 70.7 Å². The molecule has 0 saturated heterocycles. The van der Waals surface area contributed by atoms with Crippen molar-refractivity contribution in [2.24, 2.45) is 0 Å². The van der Waals surface area contributed by atoms with Gasteiger partial charge in [0.25, 0.3) is 0 Å². The number of hydrogen-bond acceptors (Lipinski definition) is 3. The van der Waals surface area contributed by atoms with E-state index in [2.05, 4.69) is 12.2 Å². The molecule has 0 heterocycles. The van der Waals surface area contributed by atoms with Crippen LogP contribution in [0.4, 0.5) is 0 Å². The van der Waals surface area contributed by atoms with E-state index in [4.69, 9.17) is 11.6 Å². The molecule has 0 aliphatic heterocycles. The summed E-state index contributed by atoms with van der Waals surface area (Å²) in [5.41, 5.74) is 2.01. The van der Waals surface area contributed by atoms with Crippen LogP contribution >= 0.6 is 23.4 Å². The Labute approximate surface area is 183 Å². The number of nitrogens with zero attached hydrogens (tertiary/aromatic N) is 1. The number of halogens is 1. The van der Waals surface area contributed by atoms with Crippen LogP contribution in [0, 0.1) is 0 Å². The monoisotopic (exact) mass is 432 g/mol. The summed E-state index contributed by atoms with van der Waals surface area (Å²) in [6, 6.07) is 16.9. The maximum Gasteiger partial charge on any atom is 0.242 e. The molecule has 0 fully saturated rings. The van der Waals surface area contributed by atoms with Crippen molar-refractivity contribution >= 4 is 35.2 Å². The van der Waals surface area contributed by atoms with E-state index in [1.807, 2.05) is 54.6 Å². The Balaban J connectivity index is 2.01. The topological polar surface area (TPSA) is 49.4 Å². The molecule has 2 aromatic carbocycles. The van der Waals surface area contributed by atoms with E-state index in [0.29, 0.717) is 29.6 Å². The Hall–Kier alpha value is -1.98. The zero-order valence-corrected chi connectivity index (χ0v) is 18.6. The Morgan fingerprint density at radius 1 is 1.10 bits per heavy atom. The average Bonchev–Trinajstić information content (AvgIpc) is 2.73. The van der Waals surface area contributed by atoms with Crippen LogP contribution in [0.1, 0.15) is 37.8 Å². The fourth-order valence-electron chi connectivity index (χ4n) is 2.85. The third kappa shape index (κ3) is 7.75. The number of amides is 2. The smallest absolute Gasteiger partial charge is 0.242 e. The van der Waals surface area contributed by atoms with Crippen LogP contribution in [0.5, 0.6) is 0 Å². The zero-order valence-electron chi connectivity index (χ0n) is 17.1. The fourth-order valence-corrected chi connectivity index (χ4v) is 4.04. The van der Waals surface area contributed by atoms with Crippen LogP contribution in [0.25, 0.3) is 0 Å². The van der Waals surface area contributed by atoms with Gasteiger partial charge in [-0.15, -0.1) is 11.8 Å². The van der Waals surface area contributed by atoms with Gasteiger partial charge in [0.2, 0.25) is 11.8 Å². The molecule has 29 heavy (non-hydrogen) atoms. The van der Waals surface area contributed by atoms with Crippen molar-refractivity contribution in [1.29, 1.82) is 0 Å². The molecule has 0 spiro atoms. The maximum atomic E-state index is 13.0. The van der Waals surface area contributed by atoms with Crippen LogP contribution in [0.2, 0.25) is 5.02 Å². The highest BCUT2D eigenvalue weighted by Gasteiger charge is 2.25. The summed E-state index contributed by atoms with van der Waals surface area (Å²) in [6.07, 6.45) is 1.94. The maximum absolute atomic E-state index is 13.0. The van der Waals surface area contributed by atoms with E-state index in [0.717, 1.165) is 24.0 Å². The first-order valence-electron chi connectivity index (χ1n) is 9.95. The predicted octanol–water partition coefficient (Wildman–Crippen LogP) is 4.91. The van der Waals surface area contributed by atoms with E-state index in [1.165, 1.54) is 11.8 Å². The van der Waals surface area contributed by atoms with E-state index < -0.39 is 6.04 Å². The highest BCUT2D eigenvalue weighted by Crippen LogP contribution is 2.21. The molecular weight excluding hydrogens is 404 g/mol. The summed E-state index contributed by atoms with van der Waals surface area (Å²) in [5.74, 6) is 0.787. The molecule has 2 rings (SSSR count). The molecule has 156 valence electrons. The lowest BCUT2D eigenvalue weighted by Gasteiger charge is -2.28. The number of rotatable bonds is 11. The Morgan fingerprint density at radius 3 is 2.48 bits per heavy atom. The largest absolute Gasteiger partial charge is 0.354 e. The van der Waals surface area contributed by atoms with Gasteiger partial charge in [-0.25, -0.2) is 0 Å². The molecule has 1 unspecified atom stereocenters. The molecule has 4 nitrogen and oxygen atoms in total. The molecule has 2 aromatic rings. The minimum atomic E-state index is -0.527. The molecule has 0 aliphatic rings. The van der Waals surface area contributed by atoms with Gasteiger partial charge in [-0.05, 0) is 30.5 Å². The van der Waals surface area contributed by atoms with Crippen molar-refractivity contribution in [2.45, 2.75) is 45.0 Å². The molecule has 1 N–H and O–H groups in total. The van der Waals surface area contributed by atoms with Gasteiger partial charge < -0.3 is 10.2 Å². The summed E-state index contributed by atoms with van der Waals surface area (Å²) in [5, 5.41) is 3.64. The Morgan fingerprint density at radius 2 is 1.79 bits per heavy atom.